The molecule has 21 heavy (non-hydrogen) atoms. The van der Waals surface area contributed by atoms with E-state index in [2.05, 4.69) is 0 Å². The topological polar surface area (TPSA) is 46.6 Å². The highest BCUT2D eigenvalue weighted by atomic mass is 35.5. The van der Waals surface area contributed by atoms with Crippen molar-refractivity contribution in [2.24, 2.45) is 0 Å². The van der Waals surface area contributed by atoms with E-state index >= 15 is 0 Å². The molecule has 112 valence electrons. The van der Waals surface area contributed by atoms with Crippen LogP contribution in [0, 0.1) is 0 Å². The van der Waals surface area contributed by atoms with E-state index in [1.807, 2.05) is 6.07 Å². The Balaban J connectivity index is 2.23. The van der Waals surface area contributed by atoms with E-state index in [1.54, 1.807) is 36.4 Å². The summed E-state index contributed by atoms with van der Waals surface area (Å²) in [6.45, 7) is 0.386. The van der Waals surface area contributed by atoms with Gasteiger partial charge in [-0.2, -0.15) is 0 Å². The van der Waals surface area contributed by atoms with Crippen LogP contribution in [-0.4, -0.2) is 28.0 Å². The minimum atomic E-state index is -3.58. The molecule has 0 unspecified atom stereocenters. The third-order valence-corrected chi connectivity index (χ3v) is 4.90. The summed E-state index contributed by atoms with van der Waals surface area (Å²) in [4.78, 5) is 0.215. The molecule has 2 aromatic carbocycles. The van der Waals surface area contributed by atoms with Gasteiger partial charge in [-0.05, 0) is 36.4 Å². The number of rotatable bonds is 6. The second-order valence-corrected chi connectivity index (χ2v) is 6.66. The van der Waals surface area contributed by atoms with Crippen molar-refractivity contribution >= 4 is 27.3 Å². The van der Waals surface area contributed by atoms with Crippen LogP contribution in [0.2, 0.25) is 0 Å². The summed E-state index contributed by atoms with van der Waals surface area (Å²) in [5.41, 5.74) is 0.611. The summed E-state index contributed by atoms with van der Waals surface area (Å²) in [5.74, 6) is 0.980. The molecule has 0 aliphatic carbocycles. The summed E-state index contributed by atoms with van der Waals surface area (Å²) < 4.78 is 31.6. The third kappa shape index (κ3) is 3.68. The van der Waals surface area contributed by atoms with Gasteiger partial charge in [0.25, 0.3) is 10.0 Å². The number of anilines is 1. The first kappa shape index (κ1) is 15.7. The largest absolute Gasteiger partial charge is 0.492 e. The highest BCUT2D eigenvalue weighted by Crippen LogP contribution is 2.23. The average molecular weight is 326 g/mol. The Kier molecular flexibility index (Phi) is 5.09. The van der Waals surface area contributed by atoms with Crippen LogP contribution >= 0.6 is 11.6 Å². The molecule has 0 N–H and O–H groups in total. The minimum Gasteiger partial charge on any atom is -0.492 e. The first-order valence-corrected chi connectivity index (χ1v) is 8.36. The maximum Gasteiger partial charge on any atom is 0.264 e. The second kappa shape index (κ2) is 6.83. The Morgan fingerprint density at radius 3 is 2.24 bits per heavy atom. The molecular formula is C15H16ClNO3S. The van der Waals surface area contributed by atoms with E-state index in [0.717, 1.165) is 0 Å². The van der Waals surface area contributed by atoms with Crippen molar-refractivity contribution in [2.45, 2.75) is 4.90 Å². The number of nitrogens with zero attached hydrogens (tertiary/aromatic N) is 1. The number of ether oxygens (including phenoxy) is 1. The van der Waals surface area contributed by atoms with Crippen molar-refractivity contribution < 1.29 is 13.2 Å². The lowest BCUT2D eigenvalue weighted by atomic mass is 10.3. The van der Waals surface area contributed by atoms with Crippen LogP contribution in [-0.2, 0) is 10.0 Å². The molecule has 0 aliphatic heterocycles. The van der Waals surface area contributed by atoms with Crippen molar-refractivity contribution in [2.75, 3.05) is 23.8 Å². The Hall–Kier alpha value is -1.72. The van der Waals surface area contributed by atoms with Crippen LogP contribution in [0.3, 0.4) is 0 Å². The van der Waals surface area contributed by atoms with Gasteiger partial charge in [0.2, 0.25) is 0 Å². The predicted molar refractivity (Wildman–Crippen MR) is 84.7 cm³/mol. The molecule has 0 saturated heterocycles. The van der Waals surface area contributed by atoms with E-state index in [9.17, 15) is 8.42 Å². The Morgan fingerprint density at radius 2 is 1.67 bits per heavy atom. The molecular weight excluding hydrogens is 310 g/mol. The quantitative estimate of drug-likeness (QED) is 0.767. The fourth-order valence-corrected chi connectivity index (χ4v) is 3.07. The summed E-state index contributed by atoms with van der Waals surface area (Å²) in [5, 5.41) is 0. The number of benzene rings is 2. The van der Waals surface area contributed by atoms with Gasteiger partial charge < -0.3 is 4.74 Å². The van der Waals surface area contributed by atoms with E-state index in [4.69, 9.17) is 16.3 Å². The maximum absolute atomic E-state index is 12.5. The summed E-state index contributed by atoms with van der Waals surface area (Å²) in [7, 11) is -2.05. The molecule has 0 amide bonds. The van der Waals surface area contributed by atoms with Crippen LogP contribution in [0.1, 0.15) is 0 Å². The molecule has 0 saturated carbocycles. The fourth-order valence-electron chi connectivity index (χ4n) is 1.80. The number of halogens is 1. The molecule has 4 nitrogen and oxygen atoms in total. The van der Waals surface area contributed by atoms with Gasteiger partial charge in [-0.25, -0.2) is 8.42 Å². The smallest absolute Gasteiger partial charge is 0.264 e. The molecule has 0 aliphatic rings. The summed E-state index contributed by atoms with van der Waals surface area (Å²) in [6, 6.07) is 15.2. The van der Waals surface area contributed by atoms with E-state index in [-0.39, 0.29) is 4.90 Å². The monoisotopic (exact) mass is 325 g/mol. The normalized spacial score (nSPS) is 11.1. The predicted octanol–water partition coefficient (Wildman–Crippen LogP) is 3.13. The lowest BCUT2D eigenvalue weighted by molar-refractivity contribution is 0.342. The third-order valence-electron chi connectivity index (χ3n) is 2.95. The average Bonchev–Trinajstić information content (AvgIpc) is 2.53. The van der Waals surface area contributed by atoms with Crippen molar-refractivity contribution in [1.82, 2.24) is 0 Å². The lowest BCUT2D eigenvalue weighted by Gasteiger charge is -2.19. The number of sulfonamides is 1. The Bertz CT molecular complexity index is 672. The number of hydrogen-bond acceptors (Lipinski definition) is 3. The number of hydrogen-bond donors (Lipinski definition) is 0. The highest BCUT2D eigenvalue weighted by molar-refractivity contribution is 7.92. The van der Waals surface area contributed by atoms with Gasteiger partial charge in [-0.3, -0.25) is 4.31 Å². The van der Waals surface area contributed by atoms with Crippen molar-refractivity contribution in [3.05, 3.63) is 54.6 Å². The first-order valence-electron chi connectivity index (χ1n) is 6.38. The number of alkyl halides is 1. The molecule has 0 bridgehead atoms. The van der Waals surface area contributed by atoms with E-state index < -0.39 is 10.0 Å². The minimum absolute atomic E-state index is 0.215. The number of para-hydroxylation sites is 1. The van der Waals surface area contributed by atoms with Gasteiger partial charge in [-0.1, -0.05) is 18.2 Å². The maximum atomic E-state index is 12.5. The van der Waals surface area contributed by atoms with Crippen molar-refractivity contribution in [3.63, 3.8) is 0 Å². The van der Waals surface area contributed by atoms with Gasteiger partial charge in [0, 0.05) is 7.05 Å². The van der Waals surface area contributed by atoms with Crippen LogP contribution in [0.5, 0.6) is 5.75 Å². The van der Waals surface area contributed by atoms with Crippen LogP contribution in [0.15, 0.2) is 59.5 Å². The summed E-state index contributed by atoms with van der Waals surface area (Å²) in [6.07, 6.45) is 0. The zero-order valence-corrected chi connectivity index (χ0v) is 13.1. The van der Waals surface area contributed by atoms with E-state index in [0.29, 0.717) is 23.9 Å². The molecule has 0 fully saturated rings. The Morgan fingerprint density at radius 1 is 1.05 bits per heavy atom. The van der Waals surface area contributed by atoms with Crippen LogP contribution < -0.4 is 9.04 Å². The van der Waals surface area contributed by atoms with Gasteiger partial charge in [0.15, 0.2) is 0 Å². The SMILES string of the molecule is CN(c1ccccc1)S(=O)(=O)c1ccc(OCCCl)cc1. The second-order valence-electron chi connectivity index (χ2n) is 4.32. The van der Waals surface area contributed by atoms with Crippen molar-refractivity contribution in [1.29, 1.82) is 0 Å². The molecule has 0 atom stereocenters. The van der Waals surface area contributed by atoms with Crippen LogP contribution in [0.4, 0.5) is 5.69 Å². The zero-order chi connectivity index (χ0) is 15.3. The molecule has 0 heterocycles. The highest BCUT2D eigenvalue weighted by Gasteiger charge is 2.20. The van der Waals surface area contributed by atoms with Gasteiger partial charge >= 0.3 is 0 Å². The molecule has 2 aromatic rings. The van der Waals surface area contributed by atoms with Gasteiger partial charge in [-0.15, -0.1) is 11.6 Å². The standard InChI is InChI=1S/C15H16ClNO3S/c1-17(13-5-3-2-4-6-13)21(18,19)15-9-7-14(8-10-15)20-12-11-16/h2-10H,11-12H2,1H3. The van der Waals surface area contributed by atoms with E-state index in [1.165, 1.54) is 23.5 Å². The van der Waals surface area contributed by atoms with Crippen LogP contribution in [0.25, 0.3) is 0 Å². The molecule has 0 spiro atoms. The first-order chi connectivity index (χ1) is 10.1. The molecule has 0 radical (unpaired) electrons. The van der Waals surface area contributed by atoms with Gasteiger partial charge in [0.05, 0.1) is 16.5 Å². The molecule has 6 heteroatoms. The Labute approximate surface area is 130 Å². The summed E-state index contributed by atoms with van der Waals surface area (Å²) >= 11 is 5.54. The van der Waals surface area contributed by atoms with Crippen molar-refractivity contribution in [3.8, 4) is 5.75 Å². The lowest BCUT2D eigenvalue weighted by Crippen LogP contribution is -2.26. The fraction of sp³-hybridized carbons (Fsp3) is 0.200. The van der Waals surface area contributed by atoms with Gasteiger partial charge in [0.1, 0.15) is 12.4 Å². The zero-order valence-electron chi connectivity index (χ0n) is 11.6. The molecule has 2 rings (SSSR count). The molecule has 0 aromatic heterocycles.